The highest BCUT2D eigenvalue weighted by atomic mass is 16.5. The van der Waals surface area contributed by atoms with Crippen LogP contribution in [0, 0.1) is 5.92 Å². The first-order valence-electron chi connectivity index (χ1n) is 7.29. The van der Waals surface area contributed by atoms with E-state index in [-0.39, 0.29) is 0 Å². The van der Waals surface area contributed by atoms with E-state index in [2.05, 4.69) is 24.2 Å². The van der Waals surface area contributed by atoms with Gasteiger partial charge in [-0.3, -0.25) is 0 Å². The van der Waals surface area contributed by atoms with E-state index < -0.39 is 0 Å². The molecule has 1 saturated carbocycles. The highest BCUT2D eigenvalue weighted by Crippen LogP contribution is 2.26. The number of morpholine rings is 1. The lowest BCUT2D eigenvalue weighted by Gasteiger charge is -2.33. The molecule has 1 heterocycles. The fourth-order valence-electron chi connectivity index (χ4n) is 3.11. The Balaban J connectivity index is 1.66. The maximum Gasteiger partial charge on any atom is 0.0826 e. The van der Waals surface area contributed by atoms with Crippen LogP contribution in [-0.4, -0.2) is 50.3 Å². The Bertz CT molecular complexity index is 216. The summed E-state index contributed by atoms with van der Waals surface area (Å²) >= 11 is 0. The summed E-state index contributed by atoms with van der Waals surface area (Å²) in [4.78, 5) is 2.36. The quantitative estimate of drug-likeness (QED) is 0.812. The highest BCUT2D eigenvalue weighted by molar-refractivity contribution is 4.78. The van der Waals surface area contributed by atoms with Gasteiger partial charge in [-0.1, -0.05) is 19.3 Å². The summed E-state index contributed by atoms with van der Waals surface area (Å²) in [6, 6.07) is 0.658. The standard InChI is InChI=1S/C14H28N2O/c1-12(13-6-4-3-5-7-13)15-10-14-11-16(2)8-9-17-14/h12-15H,3-11H2,1-2H3/t12-,14?/m1/s1. The Labute approximate surface area is 106 Å². The molecule has 0 radical (unpaired) electrons. The lowest BCUT2D eigenvalue weighted by Crippen LogP contribution is -2.47. The van der Waals surface area contributed by atoms with Gasteiger partial charge >= 0.3 is 0 Å². The molecule has 2 fully saturated rings. The van der Waals surface area contributed by atoms with E-state index in [1.807, 2.05) is 0 Å². The molecule has 1 aliphatic carbocycles. The maximum atomic E-state index is 5.78. The Morgan fingerprint density at radius 2 is 2.06 bits per heavy atom. The highest BCUT2D eigenvalue weighted by Gasteiger charge is 2.22. The maximum absolute atomic E-state index is 5.78. The summed E-state index contributed by atoms with van der Waals surface area (Å²) in [7, 11) is 2.18. The molecule has 1 saturated heterocycles. The van der Waals surface area contributed by atoms with Crippen molar-refractivity contribution in [1.82, 2.24) is 10.2 Å². The van der Waals surface area contributed by atoms with Crippen molar-refractivity contribution in [3.05, 3.63) is 0 Å². The van der Waals surface area contributed by atoms with E-state index in [1.165, 1.54) is 32.1 Å². The fourth-order valence-corrected chi connectivity index (χ4v) is 3.11. The van der Waals surface area contributed by atoms with Crippen LogP contribution < -0.4 is 5.32 Å². The van der Waals surface area contributed by atoms with Crippen molar-refractivity contribution < 1.29 is 4.74 Å². The number of nitrogens with one attached hydrogen (secondary N) is 1. The minimum Gasteiger partial charge on any atom is -0.374 e. The molecule has 2 atom stereocenters. The Hall–Kier alpha value is -0.120. The molecule has 0 aromatic heterocycles. The Morgan fingerprint density at radius 1 is 1.29 bits per heavy atom. The van der Waals surface area contributed by atoms with Crippen LogP contribution in [0.2, 0.25) is 0 Å². The molecule has 1 unspecified atom stereocenters. The summed E-state index contributed by atoms with van der Waals surface area (Å²) in [6.07, 6.45) is 7.53. The van der Waals surface area contributed by atoms with Crippen molar-refractivity contribution in [2.24, 2.45) is 5.92 Å². The van der Waals surface area contributed by atoms with Gasteiger partial charge in [-0.2, -0.15) is 0 Å². The summed E-state index contributed by atoms with van der Waals surface area (Å²) in [5, 5.41) is 3.69. The number of ether oxygens (including phenoxy) is 1. The van der Waals surface area contributed by atoms with Crippen molar-refractivity contribution in [3.63, 3.8) is 0 Å². The van der Waals surface area contributed by atoms with Crippen molar-refractivity contribution in [1.29, 1.82) is 0 Å². The third-order valence-electron chi connectivity index (χ3n) is 4.37. The smallest absolute Gasteiger partial charge is 0.0826 e. The number of nitrogens with zero attached hydrogens (tertiary/aromatic N) is 1. The van der Waals surface area contributed by atoms with Crippen molar-refractivity contribution in [2.45, 2.75) is 51.2 Å². The molecule has 2 aliphatic rings. The molecule has 0 spiro atoms. The Kier molecular flexibility index (Phi) is 5.26. The monoisotopic (exact) mass is 240 g/mol. The predicted molar refractivity (Wildman–Crippen MR) is 71.3 cm³/mol. The topological polar surface area (TPSA) is 24.5 Å². The first-order chi connectivity index (χ1) is 8.25. The van der Waals surface area contributed by atoms with E-state index in [4.69, 9.17) is 4.74 Å². The van der Waals surface area contributed by atoms with Gasteiger partial charge in [0.25, 0.3) is 0 Å². The predicted octanol–water partition coefficient (Wildman–Crippen LogP) is 1.88. The van der Waals surface area contributed by atoms with Crippen LogP contribution in [0.15, 0.2) is 0 Å². The molecule has 0 amide bonds. The van der Waals surface area contributed by atoms with E-state index in [9.17, 15) is 0 Å². The zero-order chi connectivity index (χ0) is 12.1. The van der Waals surface area contributed by atoms with Crippen LogP contribution in [0.5, 0.6) is 0 Å². The number of hydrogen-bond acceptors (Lipinski definition) is 3. The molecule has 100 valence electrons. The minimum atomic E-state index is 0.389. The third-order valence-corrected chi connectivity index (χ3v) is 4.37. The zero-order valence-electron chi connectivity index (χ0n) is 11.5. The van der Waals surface area contributed by atoms with E-state index in [1.54, 1.807) is 0 Å². The summed E-state index contributed by atoms with van der Waals surface area (Å²) in [5.41, 5.74) is 0. The van der Waals surface area contributed by atoms with Gasteiger partial charge < -0.3 is 15.0 Å². The average Bonchev–Trinajstić information content (AvgIpc) is 2.37. The van der Waals surface area contributed by atoms with Gasteiger partial charge in [-0.05, 0) is 32.7 Å². The molecule has 2 rings (SSSR count). The van der Waals surface area contributed by atoms with Gasteiger partial charge in [-0.25, -0.2) is 0 Å². The van der Waals surface area contributed by atoms with Gasteiger partial charge in [-0.15, -0.1) is 0 Å². The molecule has 1 N–H and O–H groups in total. The molecule has 0 bridgehead atoms. The second-order valence-electron chi connectivity index (χ2n) is 5.85. The van der Waals surface area contributed by atoms with Crippen molar-refractivity contribution >= 4 is 0 Å². The summed E-state index contributed by atoms with van der Waals surface area (Å²) in [5.74, 6) is 0.894. The molecular formula is C14H28N2O. The van der Waals surface area contributed by atoms with Crippen LogP contribution in [0.1, 0.15) is 39.0 Å². The second-order valence-corrected chi connectivity index (χ2v) is 5.85. The van der Waals surface area contributed by atoms with Gasteiger partial charge in [0.05, 0.1) is 12.7 Å². The van der Waals surface area contributed by atoms with Gasteiger partial charge in [0.2, 0.25) is 0 Å². The van der Waals surface area contributed by atoms with Gasteiger partial charge in [0.1, 0.15) is 0 Å². The molecule has 3 heteroatoms. The van der Waals surface area contributed by atoms with Crippen LogP contribution in [0.25, 0.3) is 0 Å². The third kappa shape index (κ3) is 4.23. The molecular weight excluding hydrogens is 212 g/mol. The first-order valence-corrected chi connectivity index (χ1v) is 7.29. The lowest BCUT2D eigenvalue weighted by molar-refractivity contribution is -0.0200. The first kappa shape index (κ1) is 13.3. The molecule has 0 aromatic rings. The number of rotatable bonds is 4. The van der Waals surface area contributed by atoms with E-state index >= 15 is 0 Å². The summed E-state index contributed by atoms with van der Waals surface area (Å²) < 4.78 is 5.78. The van der Waals surface area contributed by atoms with Gasteiger partial charge in [0, 0.05) is 25.7 Å². The zero-order valence-corrected chi connectivity index (χ0v) is 11.5. The second kappa shape index (κ2) is 6.72. The number of likely N-dealkylation sites (N-methyl/N-ethyl adjacent to an activating group) is 1. The fraction of sp³-hybridized carbons (Fsp3) is 1.00. The van der Waals surface area contributed by atoms with Crippen LogP contribution >= 0.6 is 0 Å². The lowest BCUT2D eigenvalue weighted by atomic mass is 9.84. The molecule has 17 heavy (non-hydrogen) atoms. The summed E-state index contributed by atoms with van der Waals surface area (Å²) in [6.45, 7) is 6.41. The number of hydrogen-bond donors (Lipinski definition) is 1. The van der Waals surface area contributed by atoms with Crippen LogP contribution in [0.3, 0.4) is 0 Å². The largest absolute Gasteiger partial charge is 0.374 e. The van der Waals surface area contributed by atoms with Crippen molar-refractivity contribution in [2.75, 3.05) is 33.3 Å². The molecule has 3 nitrogen and oxygen atoms in total. The van der Waals surface area contributed by atoms with Crippen molar-refractivity contribution in [3.8, 4) is 0 Å². The minimum absolute atomic E-state index is 0.389. The average molecular weight is 240 g/mol. The van der Waals surface area contributed by atoms with Gasteiger partial charge in [0.15, 0.2) is 0 Å². The van der Waals surface area contributed by atoms with E-state index in [0.717, 1.165) is 32.2 Å². The van der Waals surface area contributed by atoms with Crippen LogP contribution in [-0.2, 0) is 4.74 Å². The van der Waals surface area contributed by atoms with E-state index in [0.29, 0.717) is 12.1 Å². The SMILES string of the molecule is C[C@@H](NCC1CN(C)CCO1)C1CCCCC1. The Morgan fingerprint density at radius 3 is 2.76 bits per heavy atom. The van der Waals surface area contributed by atoms with Crippen LogP contribution in [0.4, 0.5) is 0 Å². The normalized spacial score (nSPS) is 30.4. The molecule has 0 aromatic carbocycles. The molecule has 1 aliphatic heterocycles.